The van der Waals surface area contributed by atoms with E-state index < -0.39 is 0 Å². The molecule has 1 fully saturated rings. The molecule has 0 atom stereocenters. The number of carbonyl (C=O) groups excluding carboxylic acids is 1. The van der Waals surface area contributed by atoms with Crippen molar-refractivity contribution in [3.63, 3.8) is 0 Å². The molecule has 1 aliphatic rings. The standard InChI is InChI=1S/C22H29N3O3/c1-4-24-11-13-25(14-12-24)21-10-5-18(15-17(21)2)23-22(26)16-28-20-8-6-19(27-3)7-9-20/h5-10,15H,4,11-14,16H2,1-3H3,(H,23,26). The zero-order chi connectivity index (χ0) is 19.9. The van der Waals surface area contributed by atoms with E-state index in [4.69, 9.17) is 9.47 Å². The number of aryl methyl sites for hydroxylation is 1. The summed E-state index contributed by atoms with van der Waals surface area (Å²) in [6, 6.07) is 13.2. The highest BCUT2D eigenvalue weighted by molar-refractivity contribution is 5.92. The largest absolute Gasteiger partial charge is 0.497 e. The molecule has 0 radical (unpaired) electrons. The first-order valence-corrected chi connectivity index (χ1v) is 9.73. The molecule has 0 saturated carbocycles. The summed E-state index contributed by atoms with van der Waals surface area (Å²) in [4.78, 5) is 17.1. The van der Waals surface area contributed by atoms with Gasteiger partial charge in [0.2, 0.25) is 0 Å². The maximum atomic E-state index is 12.2. The summed E-state index contributed by atoms with van der Waals surface area (Å²) in [6.07, 6.45) is 0. The van der Waals surface area contributed by atoms with Crippen LogP contribution >= 0.6 is 0 Å². The summed E-state index contributed by atoms with van der Waals surface area (Å²) < 4.78 is 10.6. The molecule has 2 aromatic rings. The molecule has 0 aromatic heterocycles. The van der Waals surface area contributed by atoms with Crippen molar-refractivity contribution in [1.29, 1.82) is 0 Å². The van der Waals surface area contributed by atoms with Crippen molar-refractivity contribution in [3.8, 4) is 11.5 Å². The smallest absolute Gasteiger partial charge is 0.262 e. The van der Waals surface area contributed by atoms with Gasteiger partial charge >= 0.3 is 0 Å². The maximum Gasteiger partial charge on any atom is 0.262 e. The molecule has 28 heavy (non-hydrogen) atoms. The number of hydrogen-bond acceptors (Lipinski definition) is 5. The molecule has 6 heteroatoms. The lowest BCUT2D eigenvalue weighted by atomic mass is 10.1. The molecule has 0 unspecified atom stereocenters. The quantitative estimate of drug-likeness (QED) is 0.796. The second-order valence-electron chi connectivity index (χ2n) is 6.93. The monoisotopic (exact) mass is 383 g/mol. The number of hydrogen-bond donors (Lipinski definition) is 1. The van der Waals surface area contributed by atoms with E-state index in [1.807, 2.05) is 12.1 Å². The highest BCUT2D eigenvalue weighted by atomic mass is 16.5. The van der Waals surface area contributed by atoms with Crippen LogP contribution in [0.2, 0.25) is 0 Å². The molecule has 0 spiro atoms. The SMILES string of the molecule is CCN1CCN(c2ccc(NC(=O)COc3ccc(OC)cc3)cc2C)CC1. The molecule has 1 heterocycles. The van der Waals surface area contributed by atoms with E-state index in [9.17, 15) is 4.79 Å². The fourth-order valence-electron chi connectivity index (χ4n) is 3.41. The number of rotatable bonds is 7. The molecule has 1 N–H and O–H groups in total. The van der Waals surface area contributed by atoms with E-state index >= 15 is 0 Å². The number of piperazine rings is 1. The lowest BCUT2D eigenvalue weighted by Gasteiger charge is -2.36. The van der Waals surface area contributed by atoms with Gasteiger partial charge in [-0.1, -0.05) is 6.92 Å². The zero-order valence-electron chi connectivity index (χ0n) is 16.9. The fraction of sp³-hybridized carbons (Fsp3) is 0.409. The Morgan fingerprint density at radius 3 is 2.32 bits per heavy atom. The number of nitrogens with zero attached hydrogens (tertiary/aromatic N) is 2. The molecule has 0 bridgehead atoms. The van der Waals surface area contributed by atoms with E-state index in [0.29, 0.717) is 5.75 Å². The number of benzene rings is 2. The summed E-state index contributed by atoms with van der Waals surface area (Å²) >= 11 is 0. The van der Waals surface area contributed by atoms with Crippen molar-refractivity contribution in [3.05, 3.63) is 48.0 Å². The third-order valence-electron chi connectivity index (χ3n) is 5.07. The van der Waals surface area contributed by atoms with Gasteiger partial charge in [-0.3, -0.25) is 4.79 Å². The summed E-state index contributed by atoms with van der Waals surface area (Å²) in [6.45, 7) is 9.63. The number of amides is 1. The molecule has 1 amide bonds. The average Bonchev–Trinajstić information content (AvgIpc) is 2.73. The van der Waals surface area contributed by atoms with E-state index in [2.05, 4.69) is 35.0 Å². The van der Waals surface area contributed by atoms with E-state index in [-0.39, 0.29) is 12.5 Å². The second kappa shape index (κ2) is 9.46. The first-order chi connectivity index (χ1) is 13.6. The van der Waals surface area contributed by atoms with Gasteiger partial charge in [0, 0.05) is 37.6 Å². The van der Waals surface area contributed by atoms with Gasteiger partial charge in [0.25, 0.3) is 5.91 Å². The second-order valence-corrected chi connectivity index (χ2v) is 6.93. The number of likely N-dealkylation sites (N-methyl/N-ethyl adjacent to an activating group) is 1. The van der Waals surface area contributed by atoms with E-state index in [1.165, 1.54) is 11.3 Å². The molecule has 1 saturated heterocycles. The molecular weight excluding hydrogens is 354 g/mol. The summed E-state index contributed by atoms with van der Waals surface area (Å²) in [5.41, 5.74) is 3.19. The molecule has 3 rings (SSSR count). The van der Waals surface area contributed by atoms with Gasteiger partial charge in [0.15, 0.2) is 6.61 Å². The van der Waals surface area contributed by atoms with Crippen molar-refractivity contribution in [2.45, 2.75) is 13.8 Å². The number of nitrogens with one attached hydrogen (secondary N) is 1. The Kier molecular flexibility index (Phi) is 6.76. The number of methoxy groups -OCH3 is 1. The van der Waals surface area contributed by atoms with Crippen LogP contribution in [0.3, 0.4) is 0 Å². The van der Waals surface area contributed by atoms with Crippen LogP contribution in [0.4, 0.5) is 11.4 Å². The fourth-order valence-corrected chi connectivity index (χ4v) is 3.41. The summed E-state index contributed by atoms with van der Waals surface area (Å²) in [5, 5.41) is 2.91. The van der Waals surface area contributed by atoms with Gasteiger partial charge in [-0.25, -0.2) is 0 Å². The van der Waals surface area contributed by atoms with Gasteiger partial charge in [-0.15, -0.1) is 0 Å². The van der Waals surface area contributed by atoms with Crippen LogP contribution in [0.1, 0.15) is 12.5 Å². The molecule has 0 aliphatic carbocycles. The molecule has 1 aliphatic heterocycles. The minimum absolute atomic E-state index is 0.0356. The highest BCUT2D eigenvalue weighted by Gasteiger charge is 2.17. The molecule has 2 aromatic carbocycles. The topological polar surface area (TPSA) is 54.0 Å². The highest BCUT2D eigenvalue weighted by Crippen LogP contribution is 2.25. The lowest BCUT2D eigenvalue weighted by molar-refractivity contribution is -0.118. The third-order valence-corrected chi connectivity index (χ3v) is 5.07. The maximum absolute atomic E-state index is 12.2. The zero-order valence-corrected chi connectivity index (χ0v) is 16.9. The van der Waals surface area contributed by atoms with Crippen LogP contribution in [0.25, 0.3) is 0 Å². The summed E-state index contributed by atoms with van der Waals surface area (Å²) in [7, 11) is 1.61. The van der Waals surface area contributed by atoms with Crippen molar-refractivity contribution >= 4 is 17.3 Å². The van der Waals surface area contributed by atoms with Gasteiger partial charge in [-0.2, -0.15) is 0 Å². The minimum atomic E-state index is -0.181. The minimum Gasteiger partial charge on any atom is -0.497 e. The Balaban J connectivity index is 1.52. The Bertz CT molecular complexity index is 784. The van der Waals surface area contributed by atoms with Gasteiger partial charge in [0.1, 0.15) is 11.5 Å². The van der Waals surface area contributed by atoms with Crippen molar-refractivity contribution in [2.24, 2.45) is 0 Å². The lowest BCUT2D eigenvalue weighted by Crippen LogP contribution is -2.46. The van der Waals surface area contributed by atoms with Crippen LogP contribution < -0.4 is 19.7 Å². The number of carbonyl (C=O) groups is 1. The first kappa shape index (κ1) is 20.0. The van der Waals surface area contributed by atoms with Crippen LogP contribution in [0.5, 0.6) is 11.5 Å². The van der Waals surface area contributed by atoms with Crippen LogP contribution in [0, 0.1) is 6.92 Å². The third kappa shape index (κ3) is 5.16. The molecular formula is C22H29N3O3. The van der Waals surface area contributed by atoms with Crippen molar-refractivity contribution in [2.75, 3.05) is 56.7 Å². The van der Waals surface area contributed by atoms with Crippen LogP contribution in [0.15, 0.2) is 42.5 Å². The van der Waals surface area contributed by atoms with Crippen LogP contribution in [-0.4, -0.2) is 57.2 Å². The molecule has 6 nitrogen and oxygen atoms in total. The number of ether oxygens (including phenoxy) is 2. The Morgan fingerprint density at radius 2 is 1.71 bits per heavy atom. The van der Waals surface area contributed by atoms with Gasteiger partial charge < -0.3 is 24.6 Å². The predicted octanol–water partition coefficient (Wildman–Crippen LogP) is 3.16. The first-order valence-electron chi connectivity index (χ1n) is 9.73. The van der Waals surface area contributed by atoms with Gasteiger partial charge in [-0.05, 0) is 61.5 Å². The Hall–Kier alpha value is -2.73. The van der Waals surface area contributed by atoms with Crippen LogP contribution in [-0.2, 0) is 4.79 Å². The molecule has 150 valence electrons. The van der Waals surface area contributed by atoms with Crippen molar-refractivity contribution < 1.29 is 14.3 Å². The van der Waals surface area contributed by atoms with E-state index in [1.54, 1.807) is 31.4 Å². The predicted molar refractivity (Wildman–Crippen MR) is 113 cm³/mol. The van der Waals surface area contributed by atoms with E-state index in [0.717, 1.165) is 44.2 Å². The Morgan fingerprint density at radius 1 is 1.04 bits per heavy atom. The normalized spacial score (nSPS) is 14.6. The van der Waals surface area contributed by atoms with Crippen molar-refractivity contribution in [1.82, 2.24) is 4.90 Å². The Labute approximate surface area is 167 Å². The average molecular weight is 383 g/mol. The van der Waals surface area contributed by atoms with Gasteiger partial charge in [0.05, 0.1) is 7.11 Å². The summed E-state index contributed by atoms with van der Waals surface area (Å²) in [5.74, 6) is 1.21. The number of anilines is 2.